The summed E-state index contributed by atoms with van der Waals surface area (Å²) in [6.45, 7) is 1.74. The minimum absolute atomic E-state index is 0.258. The predicted octanol–water partition coefficient (Wildman–Crippen LogP) is 0.131. The van der Waals surface area contributed by atoms with Gasteiger partial charge < -0.3 is 15.0 Å². The van der Waals surface area contributed by atoms with Crippen LogP contribution in [0.5, 0.6) is 0 Å². The smallest absolute Gasteiger partial charge is 0.134 e. The minimum Gasteiger partial charge on any atom is -0.385 e. The standard InChI is InChI=1S/C10H18N4O/c1-15-6-2-3-9-12-13-10-7-8(11)4-5-14(9)10/h8H,2-7,11H2,1H3. The highest BCUT2D eigenvalue weighted by Gasteiger charge is 2.19. The van der Waals surface area contributed by atoms with Crippen molar-refractivity contribution in [2.45, 2.75) is 38.3 Å². The van der Waals surface area contributed by atoms with E-state index in [2.05, 4.69) is 14.8 Å². The van der Waals surface area contributed by atoms with Gasteiger partial charge in [-0.1, -0.05) is 0 Å². The number of aromatic nitrogens is 3. The van der Waals surface area contributed by atoms with Gasteiger partial charge in [-0.2, -0.15) is 0 Å². The molecule has 0 saturated carbocycles. The van der Waals surface area contributed by atoms with Gasteiger partial charge >= 0.3 is 0 Å². The van der Waals surface area contributed by atoms with Crippen molar-refractivity contribution in [1.29, 1.82) is 0 Å². The van der Waals surface area contributed by atoms with Crippen LogP contribution < -0.4 is 5.73 Å². The molecule has 5 nitrogen and oxygen atoms in total. The van der Waals surface area contributed by atoms with Gasteiger partial charge in [-0.3, -0.25) is 0 Å². The summed E-state index contributed by atoms with van der Waals surface area (Å²) in [6.07, 6.45) is 3.83. The van der Waals surface area contributed by atoms with Gasteiger partial charge in [0.1, 0.15) is 11.6 Å². The normalized spacial score (nSPS) is 20.3. The molecule has 0 spiro atoms. The molecule has 0 saturated heterocycles. The molecule has 5 heteroatoms. The van der Waals surface area contributed by atoms with Crippen molar-refractivity contribution >= 4 is 0 Å². The Kier molecular flexibility index (Phi) is 3.33. The third-order valence-corrected chi connectivity index (χ3v) is 2.82. The van der Waals surface area contributed by atoms with Gasteiger partial charge in [0.2, 0.25) is 0 Å². The van der Waals surface area contributed by atoms with E-state index >= 15 is 0 Å². The van der Waals surface area contributed by atoms with Gasteiger partial charge in [-0.25, -0.2) is 0 Å². The topological polar surface area (TPSA) is 66.0 Å². The Morgan fingerprint density at radius 3 is 3.20 bits per heavy atom. The van der Waals surface area contributed by atoms with E-state index in [4.69, 9.17) is 10.5 Å². The van der Waals surface area contributed by atoms with Crippen LogP contribution in [0.2, 0.25) is 0 Å². The molecule has 2 rings (SSSR count). The summed E-state index contributed by atoms with van der Waals surface area (Å²) in [5.41, 5.74) is 5.88. The number of hydrogen-bond acceptors (Lipinski definition) is 4. The van der Waals surface area contributed by atoms with E-state index in [-0.39, 0.29) is 6.04 Å². The molecular formula is C10H18N4O. The van der Waals surface area contributed by atoms with Crippen LogP contribution in [0.3, 0.4) is 0 Å². The zero-order chi connectivity index (χ0) is 10.7. The third-order valence-electron chi connectivity index (χ3n) is 2.82. The van der Waals surface area contributed by atoms with Crippen molar-refractivity contribution in [3.63, 3.8) is 0 Å². The van der Waals surface area contributed by atoms with Crippen LogP contribution in [0.4, 0.5) is 0 Å². The Morgan fingerprint density at radius 2 is 2.40 bits per heavy atom. The SMILES string of the molecule is COCCCc1nnc2n1CCC(N)C2. The first-order chi connectivity index (χ1) is 7.31. The Balaban J connectivity index is 2.01. The fraction of sp³-hybridized carbons (Fsp3) is 0.800. The molecule has 0 amide bonds. The highest BCUT2D eigenvalue weighted by Crippen LogP contribution is 2.14. The lowest BCUT2D eigenvalue weighted by molar-refractivity contribution is 0.194. The summed E-state index contributed by atoms with van der Waals surface area (Å²) in [5.74, 6) is 2.12. The van der Waals surface area contributed by atoms with Crippen LogP contribution in [0.25, 0.3) is 0 Å². The van der Waals surface area contributed by atoms with Crippen LogP contribution in [-0.4, -0.2) is 34.5 Å². The van der Waals surface area contributed by atoms with Gasteiger partial charge in [-0.15, -0.1) is 10.2 Å². The van der Waals surface area contributed by atoms with Crippen LogP contribution in [0.15, 0.2) is 0 Å². The number of fused-ring (bicyclic) bond motifs is 1. The van der Waals surface area contributed by atoms with Crippen molar-refractivity contribution in [2.24, 2.45) is 5.73 Å². The molecule has 0 bridgehead atoms. The molecule has 1 aromatic heterocycles. The second-order valence-electron chi connectivity index (χ2n) is 4.03. The van der Waals surface area contributed by atoms with Gasteiger partial charge in [-0.05, 0) is 12.8 Å². The summed E-state index contributed by atoms with van der Waals surface area (Å²) in [4.78, 5) is 0. The summed E-state index contributed by atoms with van der Waals surface area (Å²) >= 11 is 0. The summed E-state index contributed by atoms with van der Waals surface area (Å²) in [6, 6.07) is 0.258. The highest BCUT2D eigenvalue weighted by atomic mass is 16.5. The number of aryl methyl sites for hydroxylation is 1. The van der Waals surface area contributed by atoms with E-state index in [9.17, 15) is 0 Å². The summed E-state index contributed by atoms with van der Waals surface area (Å²) in [7, 11) is 1.72. The molecular weight excluding hydrogens is 192 g/mol. The zero-order valence-corrected chi connectivity index (χ0v) is 9.15. The fourth-order valence-corrected chi connectivity index (χ4v) is 1.97. The monoisotopic (exact) mass is 210 g/mol. The Hall–Kier alpha value is -0.940. The van der Waals surface area contributed by atoms with Gasteiger partial charge in [0.15, 0.2) is 0 Å². The molecule has 15 heavy (non-hydrogen) atoms. The van der Waals surface area contributed by atoms with Crippen molar-refractivity contribution in [3.05, 3.63) is 11.6 Å². The van der Waals surface area contributed by atoms with E-state index in [0.29, 0.717) is 0 Å². The van der Waals surface area contributed by atoms with Crippen LogP contribution in [0, 0.1) is 0 Å². The second kappa shape index (κ2) is 4.72. The number of rotatable bonds is 4. The molecule has 0 aliphatic carbocycles. The molecule has 0 aromatic carbocycles. The number of hydrogen-bond donors (Lipinski definition) is 1. The van der Waals surface area contributed by atoms with Gasteiger partial charge in [0, 0.05) is 39.1 Å². The van der Waals surface area contributed by atoms with Crippen molar-refractivity contribution < 1.29 is 4.74 Å². The molecule has 1 aliphatic heterocycles. The zero-order valence-electron chi connectivity index (χ0n) is 9.15. The molecule has 1 unspecified atom stereocenters. The van der Waals surface area contributed by atoms with Crippen molar-refractivity contribution in [1.82, 2.24) is 14.8 Å². The third kappa shape index (κ3) is 2.35. The van der Waals surface area contributed by atoms with E-state index in [1.807, 2.05) is 0 Å². The molecule has 0 fully saturated rings. The van der Waals surface area contributed by atoms with Crippen LogP contribution >= 0.6 is 0 Å². The van der Waals surface area contributed by atoms with E-state index in [1.54, 1.807) is 7.11 Å². The fourth-order valence-electron chi connectivity index (χ4n) is 1.97. The molecule has 1 aromatic rings. The molecule has 2 heterocycles. The molecule has 0 radical (unpaired) electrons. The van der Waals surface area contributed by atoms with Gasteiger partial charge in [0.05, 0.1) is 0 Å². The highest BCUT2D eigenvalue weighted by molar-refractivity contribution is 5.01. The molecule has 1 aliphatic rings. The molecule has 1 atom stereocenters. The largest absolute Gasteiger partial charge is 0.385 e. The Bertz CT molecular complexity index is 323. The number of nitrogens with two attached hydrogens (primary N) is 1. The van der Waals surface area contributed by atoms with E-state index < -0.39 is 0 Å². The molecule has 84 valence electrons. The second-order valence-corrected chi connectivity index (χ2v) is 4.03. The van der Waals surface area contributed by atoms with Crippen LogP contribution in [-0.2, 0) is 24.1 Å². The lowest BCUT2D eigenvalue weighted by Gasteiger charge is -2.20. The number of nitrogens with zero attached hydrogens (tertiary/aromatic N) is 3. The van der Waals surface area contributed by atoms with Gasteiger partial charge in [0.25, 0.3) is 0 Å². The van der Waals surface area contributed by atoms with Crippen molar-refractivity contribution in [3.8, 4) is 0 Å². The average Bonchev–Trinajstić information content (AvgIpc) is 2.61. The quantitative estimate of drug-likeness (QED) is 0.717. The van der Waals surface area contributed by atoms with E-state index in [0.717, 1.165) is 50.5 Å². The molecule has 2 N–H and O–H groups in total. The minimum atomic E-state index is 0.258. The Labute approximate surface area is 89.6 Å². The maximum Gasteiger partial charge on any atom is 0.134 e. The predicted molar refractivity (Wildman–Crippen MR) is 56.5 cm³/mol. The number of ether oxygens (including phenoxy) is 1. The van der Waals surface area contributed by atoms with Crippen molar-refractivity contribution in [2.75, 3.05) is 13.7 Å². The van der Waals surface area contributed by atoms with Crippen LogP contribution in [0.1, 0.15) is 24.5 Å². The lowest BCUT2D eigenvalue weighted by Crippen LogP contribution is -2.31. The Morgan fingerprint density at radius 1 is 1.53 bits per heavy atom. The summed E-state index contributed by atoms with van der Waals surface area (Å²) < 4.78 is 7.23. The summed E-state index contributed by atoms with van der Waals surface area (Å²) in [5, 5.41) is 8.38. The maximum atomic E-state index is 5.88. The lowest BCUT2D eigenvalue weighted by atomic mass is 10.1. The maximum absolute atomic E-state index is 5.88. The first-order valence-corrected chi connectivity index (χ1v) is 5.46. The first kappa shape index (κ1) is 10.6. The number of methoxy groups -OCH3 is 1. The first-order valence-electron chi connectivity index (χ1n) is 5.46. The average molecular weight is 210 g/mol. The van der Waals surface area contributed by atoms with E-state index in [1.165, 1.54) is 0 Å².